The summed E-state index contributed by atoms with van der Waals surface area (Å²) in [5.74, 6) is -0.811. The van der Waals surface area contributed by atoms with Gasteiger partial charge in [0.05, 0.1) is 18.9 Å². The van der Waals surface area contributed by atoms with Crippen LogP contribution in [-0.4, -0.2) is 24.5 Å². The molecule has 0 aromatic heterocycles. The van der Waals surface area contributed by atoms with Gasteiger partial charge in [0, 0.05) is 6.42 Å². The molecule has 0 heterocycles. The monoisotopic (exact) mass is 359 g/mol. The lowest BCUT2D eigenvalue weighted by molar-refractivity contribution is -0.161. The second-order valence-corrected chi connectivity index (χ2v) is 6.33. The summed E-state index contributed by atoms with van der Waals surface area (Å²) in [5, 5.41) is 2.71. The van der Waals surface area contributed by atoms with Gasteiger partial charge >= 0.3 is 12.1 Å². The van der Waals surface area contributed by atoms with E-state index >= 15 is 0 Å². The summed E-state index contributed by atoms with van der Waals surface area (Å²) in [6.45, 7) is 5.48. The lowest BCUT2D eigenvalue weighted by Gasteiger charge is -2.34. The Hall–Kier alpha value is -2.63. The zero-order chi connectivity index (χ0) is 19.2. The first-order valence-corrected chi connectivity index (χ1v) is 8.81. The van der Waals surface area contributed by atoms with E-state index in [4.69, 9.17) is 9.47 Å². The number of amides is 1. The van der Waals surface area contributed by atoms with Crippen LogP contribution in [0.1, 0.15) is 50.3 Å². The van der Waals surface area contributed by atoms with Gasteiger partial charge in [-0.3, -0.25) is 9.59 Å². The van der Waals surface area contributed by atoms with Gasteiger partial charge in [0.1, 0.15) is 0 Å². The smallest absolute Gasteiger partial charge is 0.412 e. The number of nitrogens with one attached hydrogen (secondary N) is 1. The van der Waals surface area contributed by atoms with Crippen molar-refractivity contribution in [3.05, 3.63) is 47.7 Å². The van der Waals surface area contributed by atoms with Crippen molar-refractivity contribution in [1.29, 1.82) is 0 Å². The van der Waals surface area contributed by atoms with Gasteiger partial charge in [0.25, 0.3) is 0 Å². The van der Waals surface area contributed by atoms with Gasteiger partial charge in [-0.05, 0) is 39.2 Å². The van der Waals surface area contributed by atoms with Crippen molar-refractivity contribution in [3.8, 4) is 0 Å². The maximum absolute atomic E-state index is 12.8. The van der Waals surface area contributed by atoms with E-state index < -0.39 is 23.5 Å². The van der Waals surface area contributed by atoms with Crippen LogP contribution in [0.2, 0.25) is 0 Å². The fourth-order valence-corrected chi connectivity index (χ4v) is 3.41. The van der Waals surface area contributed by atoms with E-state index in [1.54, 1.807) is 26.0 Å². The van der Waals surface area contributed by atoms with Crippen LogP contribution in [0.4, 0.5) is 4.79 Å². The largest absolute Gasteiger partial charge is 0.465 e. The molecule has 1 N–H and O–H groups in total. The van der Waals surface area contributed by atoms with Crippen molar-refractivity contribution in [2.45, 2.75) is 46.1 Å². The van der Waals surface area contributed by atoms with E-state index in [1.165, 1.54) is 6.26 Å². The molecule has 2 rings (SSSR count). The first-order chi connectivity index (χ1) is 12.5. The quantitative estimate of drug-likeness (QED) is 0.477. The van der Waals surface area contributed by atoms with Crippen LogP contribution in [0.25, 0.3) is 0 Å². The number of hydrogen-bond donors (Lipinski definition) is 1. The Labute approximate surface area is 153 Å². The zero-order valence-electron chi connectivity index (χ0n) is 15.4. The van der Waals surface area contributed by atoms with E-state index in [1.807, 2.05) is 25.1 Å². The minimum absolute atomic E-state index is 0.164. The molecule has 1 aliphatic rings. The number of ketones is 1. The maximum Gasteiger partial charge on any atom is 0.412 e. The summed E-state index contributed by atoms with van der Waals surface area (Å²) in [7, 11) is 0. The number of benzene rings is 1. The van der Waals surface area contributed by atoms with Crippen LogP contribution in [0, 0.1) is 12.3 Å². The Balaban J connectivity index is 2.50. The van der Waals surface area contributed by atoms with E-state index in [0.29, 0.717) is 18.4 Å². The van der Waals surface area contributed by atoms with Crippen molar-refractivity contribution in [1.82, 2.24) is 5.32 Å². The van der Waals surface area contributed by atoms with Gasteiger partial charge < -0.3 is 14.8 Å². The second kappa shape index (κ2) is 8.65. The van der Waals surface area contributed by atoms with Gasteiger partial charge in [-0.2, -0.15) is 0 Å². The number of Topliss-reactive ketones (excluding diaryl/α,β-unsaturated/α-hetero) is 1. The number of carbonyl (C=O) groups is 3. The fourth-order valence-electron chi connectivity index (χ4n) is 3.41. The molecule has 0 saturated heterocycles. The number of aryl methyl sites for hydroxylation is 1. The van der Waals surface area contributed by atoms with Crippen LogP contribution in [0.5, 0.6) is 0 Å². The first-order valence-electron chi connectivity index (χ1n) is 8.81. The molecular formula is C20H25NO5. The van der Waals surface area contributed by atoms with E-state index in [9.17, 15) is 14.4 Å². The van der Waals surface area contributed by atoms with Crippen molar-refractivity contribution >= 4 is 17.8 Å². The molecule has 6 heteroatoms. The summed E-state index contributed by atoms with van der Waals surface area (Å²) in [5.41, 5.74) is 0.199. The molecule has 0 radical (unpaired) electrons. The predicted octanol–water partition coefficient (Wildman–Crippen LogP) is 3.60. The maximum atomic E-state index is 12.8. The molecule has 1 aromatic carbocycles. The zero-order valence-corrected chi connectivity index (χ0v) is 15.4. The number of ether oxygens (including phenoxy) is 2. The van der Waals surface area contributed by atoms with Gasteiger partial charge in [0.2, 0.25) is 0 Å². The Morgan fingerprint density at radius 2 is 2.15 bits per heavy atom. The highest BCUT2D eigenvalue weighted by molar-refractivity contribution is 6.06. The molecule has 1 aliphatic carbocycles. The Morgan fingerprint density at radius 1 is 1.38 bits per heavy atom. The molecule has 1 unspecified atom stereocenters. The number of allylic oxidation sites excluding steroid dienone is 1. The predicted molar refractivity (Wildman–Crippen MR) is 96.3 cm³/mol. The Morgan fingerprint density at radius 3 is 2.73 bits per heavy atom. The van der Waals surface area contributed by atoms with E-state index in [0.717, 1.165) is 5.56 Å². The highest BCUT2D eigenvalue weighted by Crippen LogP contribution is 2.46. The number of carbonyl (C=O) groups excluding carboxylic acids is 3. The minimum atomic E-state index is -1.43. The van der Waals surface area contributed by atoms with Crippen molar-refractivity contribution in [2.24, 2.45) is 5.41 Å². The third-order valence-corrected chi connectivity index (χ3v) is 4.55. The Bertz CT molecular complexity index is 712. The SMILES string of the molecule is C/C=C/OC(=O)NC(c1cccc(C)c1)[C@@]1(C(=O)OCC)CCCC1=O. The van der Waals surface area contributed by atoms with Crippen molar-refractivity contribution in [3.63, 3.8) is 0 Å². The van der Waals surface area contributed by atoms with Crippen molar-refractivity contribution in [2.75, 3.05) is 6.61 Å². The van der Waals surface area contributed by atoms with Crippen LogP contribution >= 0.6 is 0 Å². The average molecular weight is 359 g/mol. The fraction of sp³-hybridized carbons (Fsp3) is 0.450. The molecule has 0 bridgehead atoms. The lowest BCUT2D eigenvalue weighted by Crippen LogP contribution is -2.49. The molecule has 26 heavy (non-hydrogen) atoms. The second-order valence-electron chi connectivity index (χ2n) is 6.33. The standard InChI is InChI=1S/C20H25NO5/c1-4-12-26-19(24)21-17(15-9-6-8-14(3)13-15)20(18(23)25-5-2)11-7-10-16(20)22/h4,6,8-9,12-13,17H,5,7,10-11H2,1-3H3,(H,21,24)/b12-4+/t17?,20-/m1/s1. The molecule has 1 fully saturated rings. The number of esters is 1. The molecule has 1 saturated carbocycles. The summed E-state index contributed by atoms with van der Waals surface area (Å²) >= 11 is 0. The minimum Gasteiger partial charge on any atom is -0.465 e. The molecular weight excluding hydrogens is 334 g/mol. The van der Waals surface area contributed by atoms with E-state index in [-0.39, 0.29) is 18.8 Å². The summed E-state index contributed by atoms with van der Waals surface area (Å²) in [6, 6.07) is 6.53. The van der Waals surface area contributed by atoms with E-state index in [2.05, 4.69) is 5.32 Å². The van der Waals surface area contributed by atoms with Gasteiger partial charge in [-0.25, -0.2) is 4.79 Å². The third-order valence-electron chi connectivity index (χ3n) is 4.55. The molecule has 0 spiro atoms. The van der Waals surface area contributed by atoms with Gasteiger partial charge in [0.15, 0.2) is 11.2 Å². The van der Waals surface area contributed by atoms with Crippen LogP contribution in [0.15, 0.2) is 36.6 Å². The van der Waals surface area contributed by atoms with Gasteiger partial charge in [-0.15, -0.1) is 0 Å². The average Bonchev–Trinajstić information content (AvgIpc) is 3.00. The first kappa shape index (κ1) is 19.7. The van der Waals surface area contributed by atoms with Crippen LogP contribution in [0.3, 0.4) is 0 Å². The third kappa shape index (κ3) is 3.95. The van der Waals surface area contributed by atoms with Gasteiger partial charge in [-0.1, -0.05) is 35.9 Å². The molecule has 0 aliphatic heterocycles. The number of hydrogen-bond acceptors (Lipinski definition) is 5. The molecule has 2 atom stereocenters. The molecule has 6 nitrogen and oxygen atoms in total. The molecule has 1 amide bonds. The highest BCUT2D eigenvalue weighted by atomic mass is 16.5. The van der Waals surface area contributed by atoms with Crippen LogP contribution in [-0.2, 0) is 19.1 Å². The summed E-state index contributed by atoms with van der Waals surface area (Å²) in [6.07, 6.45) is 3.28. The molecule has 1 aromatic rings. The van der Waals surface area contributed by atoms with Crippen LogP contribution < -0.4 is 5.32 Å². The normalized spacial score (nSPS) is 20.8. The Kier molecular flexibility index (Phi) is 6.55. The summed E-state index contributed by atoms with van der Waals surface area (Å²) < 4.78 is 10.2. The number of alkyl carbamates (subject to hydrolysis) is 1. The lowest BCUT2D eigenvalue weighted by atomic mass is 9.74. The summed E-state index contributed by atoms with van der Waals surface area (Å²) in [4.78, 5) is 37.8. The highest BCUT2D eigenvalue weighted by Gasteiger charge is 2.56. The molecule has 140 valence electrons. The van der Waals surface area contributed by atoms with Crippen molar-refractivity contribution < 1.29 is 23.9 Å². The topological polar surface area (TPSA) is 81.7 Å². The number of rotatable bonds is 6.